The van der Waals surface area contributed by atoms with Gasteiger partial charge in [0, 0.05) is 49.0 Å². The zero-order valence-electron chi connectivity index (χ0n) is 20.3. The summed E-state index contributed by atoms with van der Waals surface area (Å²) in [5.41, 5.74) is 1.90. The van der Waals surface area contributed by atoms with E-state index in [4.69, 9.17) is 0 Å². The summed E-state index contributed by atoms with van der Waals surface area (Å²) in [5, 5.41) is 7.93. The van der Waals surface area contributed by atoms with E-state index >= 15 is 0 Å². The molecule has 1 saturated heterocycles. The molecule has 1 fully saturated rings. The van der Waals surface area contributed by atoms with Crippen molar-refractivity contribution in [2.75, 3.05) is 31.5 Å². The number of pyridine rings is 1. The molecule has 1 N–H and O–H groups in total. The Labute approximate surface area is 213 Å². The number of halogens is 1. The maximum atomic E-state index is 13.3. The van der Waals surface area contributed by atoms with Crippen LogP contribution in [0.1, 0.15) is 29.8 Å². The number of hydrogen-bond acceptors (Lipinski definition) is 5. The van der Waals surface area contributed by atoms with E-state index in [9.17, 15) is 18.8 Å². The minimum Gasteiger partial charge on any atom is -0.339 e. The van der Waals surface area contributed by atoms with Crippen molar-refractivity contribution in [2.24, 2.45) is 0 Å². The summed E-state index contributed by atoms with van der Waals surface area (Å²) < 4.78 is 14.9. The first kappa shape index (κ1) is 24.4. The lowest BCUT2D eigenvalue weighted by atomic mass is 10.1. The first-order valence-corrected chi connectivity index (χ1v) is 12.3. The maximum absolute atomic E-state index is 13.3. The molecule has 9 nitrogen and oxygen atoms in total. The summed E-state index contributed by atoms with van der Waals surface area (Å²) >= 11 is 0. The standard InChI is InChI=1S/C27H27FN6O3/c28-24-9-4-8-23(30-24)26(36)29-21-10-11-22-20(16-21)17-34(31-22)18-25(35)32-12-5-13-33(15-14-32)27(37)19-6-2-1-3-7-19/h2,4,6-11,16-17H,1,3,5,12-15,18H2,(H,29,36). The predicted molar refractivity (Wildman–Crippen MR) is 136 cm³/mol. The lowest BCUT2D eigenvalue weighted by Gasteiger charge is -2.23. The fourth-order valence-electron chi connectivity index (χ4n) is 4.53. The molecule has 10 heteroatoms. The molecule has 1 aliphatic heterocycles. The molecule has 0 saturated carbocycles. The number of hydrogen-bond donors (Lipinski definition) is 1. The van der Waals surface area contributed by atoms with Gasteiger partial charge in [-0.3, -0.25) is 19.1 Å². The highest BCUT2D eigenvalue weighted by Crippen LogP contribution is 2.19. The summed E-state index contributed by atoms with van der Waals surface area (Å²) in [6, 6.07) is 9.21. The topological polar surface area (TPSA) is 100 Å². The smallest absolute Gasteiger partial charge is 0.274 e. The molecular formula is C27H27FN6O3. The molecule has 5 rings (SSSR count). The maximum Gasteiger partial charge on any atom is 0.274 e. The van der Waals surface area contributed by atoms with Crippen molar-refractivity contribution in [2.45, 2.75) is 25.8 Å². The molecule has 1 aliphatic carbocycles. The summed E-state index contributed by atoms with van der Waals surface area (Å²) in [7, 11) is 0. The Morgan fingerprint density at radius 3 is 2.65 bits per heavy atom. The van der Waals surface area contributed by atoms with Gasteiger partial charge in [-0.05, 0) is 49.6 Å². The van der Waals surface area contributed by atoms with Crippen LogP contribution < -0.4 is 5.32 Å². The molecule has 37 heavy (non-hydrogen) atoms. The molecule has 2 aromatic heterocycles. The van der Waals surface area contributed by atoms with Crippen LogP contribution in [0.25, 0.3) is 10.9 Å². The zero-order valence-corrected chi connectivity index (χ0v) is 20.3. The van der Waals surface area contributed by atoms with E-state index in [1.807, 2.05) is 23.1 Å². The number of allylic oxidation sites excluding steroid dienone is 2. The van der Waals surface area contributed by atoms with Crippen molar-refractivity contribution < 1.29 is 18.8 Å². The molecule has 0 bridgehead atoms. The van der Waals surface area contributed by atoms with E-state index in [1.165, 1.54) is 18.2 Å². The van der Waals surface area contributed by atoms with Gasteiger partial charge in [-0.25, -0.2) is 4.98 Å². The largest absolute Gasteiger partial charge is 0.339 e. The van der Waals surface area contributed by atoms with Gasteiger partial charge in [-0.15, -0.1) is 0 Å². The molecule has 0 radical (unpaired) electrons. The van der Waals surface area contributed by atoms with Gasteiger partial charge in [-0.2, -0.15) is 9.49 Å². The summed E-state index contributed by atoms with van der Waals surface area (Å²) in [4.78, 5) is 45.4. The lowest BCUT2D eigenvalue weighted by molar-refractivity contribution is -0.132. The molecule has 0 spiro atoms. The molecule has 0 unspecified atom stereocenters. The van der Waals surface area contributed by atoms with Crippen molar-refractivity contribution in [1.29, 1.82) is 0 Å². The molecule has 1 aromatic carbocycles. The van der Waals surface area contributed by atoms with E-state index in [0.29, 0.717) is 37.4 Å². The van der Waals surface area contributed by atoms with Crippen LogP contribution in [0.2, 0.25) is 0 Å². The minimum absolute atomic E-state index is 0.0222. The number of aromatic nitrogens is 3. The Bertz CT molecular complexity index is 1410. The SMILES string of the molecule is O=C(Nc1ccc2nn(CC(=O)N3CCCN(C(=O)C4=CCCC=C4)CC3)cc2c1)c1cccc(F)n1. The van der Waals surface area contributed by atoms with Gasteiger partial charge < -0.3 is 15.1 Å². The van der Waals surface area contributed by atoms with Gasteiger partial charge in [0.2, 0.25) is 11.9 Å². The number of anilines is 1. The van der Waals surface area contributed by atoms with Gasteiger partial charge in [0.15, 0.2) is 0 Å². The second-order valence-electron chi connectivity index (χ2n) is 9.07. The number of carbonyl (C=O) groups is 3. The van der Waals surface area contributed by atoms with E-state index in [1.54, 1.807) is 34.0 Å². The van der Waals surface area contributed by atoms with Gasteiger partial charge in [-0.1, -0.05) is 24.3 Å². The molecule has 190 valence electrons. The fraction of sp³-hybridized carbons (Fsp3) is 0.296. The van der Waals surface area contributed by atoms with Crippen molar-refractivity contribution >= 4 is 34.3 Å². The van der Waals surface area contributed by atoms with Gasteiger partial charge >= 0.3 is 0 Å². The van der Waals surface area contributed by atoms with E-state index in [0.717, 1.165) is 30.2 Å². The number of rotatable bonds is 5. The van der Waals surface area contributed by atoms with Gasteiger partial charge in [0.25, 0.3) is 11.8 Å². The number of fused-ring (bicyclic) bond motifs is 1. The second-order valence-corrected chi connectivity index (χ2v) is 9.07. The van der Waals surface area contributed by atoms with Crippen LogP contribution in [-0.2, 0) is 16.1 Å². The van der Waals surface area contributed by atoms with Crippen molar-refractivity contribution in [3.8, 4) is 0 Å². The Morgan fingerprint density at radius 1 is 1.00 bits per heavy atom. The molecule has 3 amide bonds. The van der Waals surface area contributed by atoms with E-state index in [2.05, 4.69) is 15.4 Å². The van der Waals surface area contributed by atoms with Crippen molar-refractivity contribution in [1.82, 2.24) is 24.6 Å². The van der Waals surface area contributed by atoms with Gasteiger partial charge in [0.05, 0.1) is 5.52 Å². The Morgan fingerprint density at radius 2 is 1.84 bits per heavy atom. The average Bonchev–Trinajstić information content (AvgIpc) is 3.13. The number of benzene rings is 1. The first-order valence-electron chi connectivity index (χ1n) is 12.3. The van der Waals surface area contributed by atoms with Crippen LogP contribution in [0.5, 0.6) is 0 Å². The lowest BCUT2D eigenvalue weighted by Crippen LogP contribution is -2.39. The highest BCUT2D eigenvalue weighted by atomic mass is 19.1. The number of nitrogens with zero attached hydrogens (tertiary/aromatic N) is 5. The number of amides is 3. The second kappa shape index (κ2) is 10.7. The average molecular weight is 503 g/mol. The molecule has 2 aliphatic rings. The van der Waals surface area contributed by atoms with Gasteiger partial charge in [0.1, 0.15) is 12.2 Å². The number of carbonyl (C=O) groups excluding carboxylic acids is 3. The highest BCUT2D eigenvalue weighted by molar-refractivity contribution is 6.03. The van der Waals surface area contributed by atoms with Crippen LogP contribution in [0.4, 0.5) is 10.1 Å². The van der Waals surface area contributed by atoms with Crippen LogP contribution >= 0.6 is 0 Å². The van der Waals surface area contributed by atoms with Crippen LogP contribution in [0.15, 0.2) is 66.4 Å². The first-order chi connectivity index (χ1) is 18.0. The van der Waals surface area contributed by atoms with E-state index < -0.39 is 11.9 Å². The Hall–Kier alpha value is -4.34. The minimum atomic E-state index is -0.725. The normalized spacial score (nSPS) is 15.9. The Balaban J connectivity index is 1.20. The van der Waals surface area contributed by atoms with Crippen LogP contribution in [0.3, 0.4) is 0 Å². The highest BCUT2D eigenvalue weighted by Gasteiger charge is 2.24. The molecule has 3 heterocycles. The third kappa shape index (κ3) is 5.74. The molecule has 3 aromatic rings. The number of nitrogens with one attached hydrogen (secondary N) is 1. The zero-order chi connectivity index (χ0) is 25.8. The predicted octanol–water partition coefficient (Wildman–Crippen LogP) is 3.16. The summed E-state index contributed by atoms with van der Waals surface area (Å²) in [6.45, 7) is 2.26. The fourth-order valence-corrected chi connectivity index (χ4v) is 4.53. The van der Waals surface area contributed by atoms with Crippen molar-refractivity contribution in [3.05, 3.63) is 78.0 Å². The summed E-state index contributed by atoms with van der Waals surface area (Å²) in [6.07, 6.45) is 10.2. The summed E-state index contributed by atoms with van der Waals surface area (Å²) in [5.74, 6) is -1.29. The van der Waals surface area contributed by atoms with E-state index in [-0.39, 0.29) is 24.1 Å². The monoisotopic (exact) mass is 502 g/mol. The third-order valence-electron chi connectivity index (χ3n) is 6.43. The van der Waals surface area contributed by atoms with Crippen LogP contribution in [0, 0.1) is 5.95 Å². The Kier molecular flexibility index (Phi) is 7.07. The van der Waals surface area contributed by atoms with Crippen LogP contribution in [-0.4, -0.2) is 68.5 Å². The quantitative estimate of drug-likeness (QED) is 0.541. The third-order valence-corrected chi connectivity index (χ3v) is 6.43. The van der Waals surface area contributed by atoms with Crippen molar-refractivity contribution in [3.63, 3.8) is 0 Å². The molecule has 0 atom stereocenters. The molecular weight excluding hydrogens is 475 g/mol.